The summed E-state index contributed by atoms with van der Waals surface area (Å²) in [5, 5.41) is 11.5. The van der Waals surface area contributed by atoms with E-state index in [-0.39, 0.29) is 39.3 Å². The standard InChI is InChI=1S/C11H19F3N2O3/c1-19-7-5-16(4-6-17)9(18)10(11(12,13)14)2-3-15-8-10/h15,17H,2-8H2,1H3. The lowest BCUT2D eigenvalue weighted by Gasteiger charge is -2.35. The topological polar surface area (TPSA) is 61.8 Å². The first-order valence-electron chi connectivity index (χ1n) is 6.05. The van der Waals surface area contributed by atoms with Crippen LogP contribution in [0.5, 0.6) is 0 Å². The molecule has 0 aromatic heterocycles. The summed E-state index contributed by atoms with van der Waals surface area (Å²) in [6, 6.07) is 0. The molecular formula is C11H19F3N2O3. The van der Waals surface area contributed by atoms with E-state index in [1.807, 2.05) is 0 Å². The molecule has 1 rings (SSSR count). The monoisotopic (exact) mass is 284 g/mol. The van der Waals surface area contributed by atoms with E-state index in [0.717, 1.165) is 4.90 Å². The maximum Gasteiger partial charge on any atom is 0.404 e. The van der Waals surface area contributed by atoms with E-state index in [4.69, 9.17) is 9.84 Å². The van der Waals surface area contributed by atoms with Gasteiger partial charge >= 0.3 is 6.18 Å². The molecule has 1 atom stereocenters. The van der Waals surface area contributed by atoms with Crippen LogP contribution in [0.2, 0.25) is 0 Å². The van der Waals surface area contributed by atoms with Crippen LogP contribution in [0.4, 0.5) is 13.2 Å². The highest BCUT2D eigenvalue weighted by atomic mass is 19.4. The van der Waals surface area contributed by atoms with Crippen molar-refractivity contribution >= 4 is 5.91 Å². The maximum absolute atomic E-state index is 13.2. The fourth-order valence-electron chi connectivity index (χ4n) is 2.18. The third-order valence-electron chi connectivity index (χ3n) is 3.33. The molecule has 0 aromatic carbocycles. The van der Waals surface area contributed by atoms with Crippen molar-refractivity contribution in [2.45, 2.75) is 12.6 Å². The number of nitrogens with zero attached hydrogens (tertiary/aromatic N) is 1. The Morgan fingerprint density at radius 3 is 2.58 bits per heavy atom. The molecule has 1 heterocycles. The van der Waals surface area contributed by atoms with Crippen molar-refractivity contribution in [3.8, 4) is 0 Å². The molecule has 2 N–H and O–H groups in total. The molecule has 112 valence electrons. The molecule has 0 aromatic rings. The van der Waals surface area contributed by atoms with Gasteiger partial charge in [0.1, 0.15) is 0 Å². The molecule has 1 fully saturated rings. The van der Waals surface area contributed by atoms with Gasteiger partial charge in [0.2, 0.25) is 5.91 Å². The van der Waals surface area contributed by atoms with Crippen molar-refractivity contribution in [3.63, 3.8) is 0 Å². The Bertz CT molecular complexity index is 304. The predicted octanol–water partition coefficient (Wildman–Crippen LogP) is -0.00430. The van der Waals surface area contributed by atoms with Gasteiger partial charge in [-0.25, -0.2) is 0 Å². The highest BCUT2D eigenvalue weighted by molar-refractivity contribution is 5.84. The van der Waals surface area contributed by atoms with Gasteiger partial charge in [0.25, 0.3) is 0 Å². The summed E-state index contributed by atoms with van der Waals surface area (Å²) in [5.74, 6) is -0.990. The van der Waals surface area contributed by atoms with E-state index in [1.54, 1.807) is 0 Å². The van der Waals surface area contributed by atoms with Gasteiger partial charge in [-0.05, 0) is 13.0 Å². The second kappa shape index (κ2) is 6.53. The number of amides is 1. The number of aliphatic hydroxyl groups is 1. The highest BCUT2D eigenvalue weighted by Crippen LogP contribution is 2.44. The zero-order valence-electron chi connectivity index (χ0n) is 10.8. The van der Waals surface area contributed by atoms with Gasteiger partial charge in [-0.2, -0.15) is 13.2 Å². The Morgan fingerprint density at radius 1 is 1.47 bits per heavy atom. The minimum Gasteiger partial charge on any atom is -0.395 e. The number of halogens is 3. The van der Waals surface area contributed by atoms with E-state index in [9.17, 15) is 18.0 Å². The Hall–Kier alpha value is -0.860. The van der Waals surface area contributed by atoms with Gasteiger partial charge in [-0.3, -0.25) is 4.79 Å². The smallest absolute Gasteiger partial charge is 0.395 e. The first kappa shape index (κ1) is 16.2. The number of ether oxygens (including phenoxy) is 1. The summed E-state index contributed by atoms with van der Waals surface area (Å²) in [5.41, 5.74) is -2.38. The molecule has 1 unspecified atom stereocenters. The van der Waals surface area contributed by atoms with E-state index in [1.165, 1.54) is 7.11 Å². The number of alkyl halides is 3. The number of hydrogen-bond donors (Lipinski definition) is 2. The van der Waals surface area contributed by atoms with Gasteiger partial charge in [0, 0.05) is 26.7 Å². The molecule has 5 nitrogen and oxygen atoms in total. The Labute approximate surface area is 109 Å². The quantitative estimate of drug-likeness (QED) is 0.720. The number of rotatable bonds is 6. The molecule has 1 amide bonds. The Morgan fingerprint density at radius 2 is 2.16 bits per heavy atom. The molecule has 0 radical (unpaired) electrons. The molecule has 0 saturated carbocycles. The minimum absolute atomic E-state index is 0.0354. The van der Waals surface area contributed by atoms with Crippen molar-refractivity contribution < 1.29 is 27.8 Å². The highest BCUT2D eigenvalue weighted by Gasteiger charge is 2.62. The summed E-state index contributed by atoms with van der Waals surface area (Å²) in [6.07, 6.45) is -4.88. The fraction of sp³-hybridized carbons (Fsp3) is 0.909. The van der Waals surface area contributed by atoms with E-state index in [0.29, 0.717) is 0 Å². The van der Waals surface area contributed by atoms with Gasteiger partial charge in [-0.15, -0.1) is 0 Å². The van der Waals surface area contributed by atoms with E-state index < -0.39 is 24.0 Å². The summed E-state index contributed by atoms with van der Waals surface area (Å²) in [4.78, 5) is 13.2. The number of carbonyl (C=O) groups is 1. The largest absolute Gasteiger partial charge is 0.404 e. The molecule has 19 heavy (non-hydrogen) atoms. The third kappa shape index (κ3) is 3.37. The molecule has 0 aliphatic carbocycles. The van der Waals surface area contributed by atoms with Crippen molar-refractivity contribution in [2.75, 3.05) is 46.5 Å². The molecule has 8 heteroatoms. The van der Waals surface area contributed by atoms with Crippen LogP contribution in [0.15, 0.2) is 0 Å². The molecule has 0 bridgehead atoms. The lowest BCUT2D eigenvalue weighted by atomic mass is 9.84. The van der Waals surface area contributed by atoms with Crippen LogP contribution in [0.1, 0.15) is 6.42 Å². The van der Waals surface area contributed by atoms with Crippen LogP contribution in [0.3, 0.4) is 0 Å². The van der Waals surface area contributed by atoms with Crippen LogP contribution in [0, 0.1) is 5.41 Å². The number of methoxy groups -OCH3 is 1. The van der Waals surface area contributed by atoms with E-state index >= 15 is 0 Å². The first-order chi connectivity index (χ1) is 8.89. The average Bonchev–Trinajstić information content (AvgIpc) is 2.83. The second-order valence-corrected chi connectivity index (χ2v) is 4.52. The van der Waals surface area contributed by atoms with Crippen LogP contribution >= 0.6 is 0 Å². The Kier molecular flexibility index (Phi) is 5.57. The van der Waals surface area contributed by atoms with Crippen molar-refractivity contribution in [2.24, 2.45) is 5.41 Å². The minimum atomic E-state index is -4.60. The van der Waals surface area contributed by atoms with E-state index in [2.05, 4.69) is 5.32 Å². The normalized spacial score (nSPS) is 23.6. The van der Waals surface area contributed by atoms with Crippen LogP contribution in [-0.2, 0) is 9.53 Å². The lowest BCUT2D eigenvalue weighted by Crippen LogP contribution is -2.54. The van der Waals surface area contributed by atoms with Crippen molar-refractivity contribution in [1.29, 1.82) is 0 Å². The number of aliphatic hydroxyl groups excluding tert-OH is 1. The van der Waals surface area contributed by atoms with Gasteiger partial charge in [0.15, 0.2) is 5.41 Å². The van der Waals surface area contributed by atoms with Crippen molar-refractivity contribution in [3.05, 3.63) is 0 Å². The number of nitrogens with one attached hydrogen (secondary N) is 1. The first-order valence-corrected chi connectivity index (χ1v) is 6.05. The van der Waals surface area contributed by atoms with Crippen LogP contribution < -0.4 is 5.32 Å². The van der Waals surface area contributed by atoms with Crippen LogP contribution in [0.25, 0.3) is 0 Å². The molecule has 1 aliphatic rings. The Balaban J connectivity index is 2.90. The summed E-state index contributed by atoms with van der Waals surface area (Å²) < 4.78 is 44.4. The fourth-order valence-corrected chi connectivity index (χ4v) is 2.18. The predicted molar refractivity (Wildman–Crippen MR) is 61.5 cm³/mol. The third-order valence-corrected chi connectivity index (χ3v) is 3.33. The summed E-state index contributed by atoms with van der Waals surface area (Å²) >= 11 is 0. The van der Waals surface area contributed by atoms with Gasteiger partial charge < -0.3 is 20.1 Å². The summed E-state index contributed by atoms with van der Waals surface area (Å²) in [6.45, 7) is -0.593. The van der Waals surface area contributed by atoms with Crippen LogP contribution in [-0.4, -0.2) is 68.6 Å². The number of hydrogen-bond acceptors (Lipinski definition) is 4. The second-order valence-electron chi connectivity index (χ2n) is 4.52. The lowest BCUT2D eigenvalue weighted by molar-refractivity contribution is -0.222. The molecule has 1 aliphatic heterocycles. The number of carbonyl (C=O) groups excluding carboxylic acids is 1. The van der Waals surface area contributed by atoms with Gasteiger partial charge in [0.05, 0.1) is 13.2 Å². The van der Waals surface area contributed by atoms with Gasteiger partial charge in [-0.1, -0.05) is 0 Å². The molecule has 1 saturated heterocycles. The molecule has 0 spiro atoms. The maximum atomic E-state index is 13.2. The SMILES string of the molecule is COCCN(CCO)C(=O)C1(C(F)(F)F)CCNC1. The molecular weight excluding hydrogens is 265 g/mol. The van der Waals surface area contributed by atoms with Crippen molar-refractivity contribution in [1.82, 2.24) is 10.2 Å². The average molecular weight is 284 g/mol. The zero-order chi connectivity index (χ0) is 14.5. The zero-order valence-corrected chi connectivity index (χ0v) is 10.8. The summed E-state index contributed by atoms with van der Waals surface area (Å²) in [7, 11) is 1.40.